The summed E-state index contributed by atoms with van der Waals surface area (Å²) in [6.07, 6.45) is 0.711. The van der Waals surface area contributed by atoms with Crippen LogP contribution in [-0.4, -0.2) is 56.9 Å². The summed E-state index contributed by atoms with van der Waals surface area (Å²) >= 11 is 0. The lowest BCUT2D eigenvalue weighted by Gasteiger charge is -2.19. The number of benzene rings is 1. The van der Waals surface area contributed by atoms with Gasteiger partial charge in [0.1, 0.15) is 0 Å². The maximum Gasteiger partial charge on any atom is 0.338 e. The van der Waals surface area contributed by atoms with E-state index in [4.69, 9.17) is 4.74 Å². The van der Waals surface area contributed by atoms with Crippen LogP contribution in [0.4, 0.5) is 4.79 Å². The molecule has 9 nitrogen and oxygen atoms in total. The van der Waals surface area contributed by atoms with E-state index in [0.717, 1.165) is 0 Å². The predicted molar refractivity (Wildman–Crippen MR) is 103 cm³/mol. The fourth-order valence-electron chi connectivity index (χ4n) is 2.35. The zero-order valence-corrected chi connectivity index (χ0v) is 17.4. The lowest BCUT2D eigenvalue weighted by molar-refractivity contribution is -0.123. The van der Waals surface area contributed by atoms with E-state index in [0.29, 0.717) is 31.6 Å². The first-order chi connectivity index (χ1) is 13.2. The van der Waals surface area contributed by atoms with Crippen molar-refractivity contribution in [1.82, 2.24) is 14.9 Å². The molecule has 1 rings (SSSR count). The number of nitrogens with one attached hydrogen (secondary N) is 2. The molecule has 0 unspecified atom stereocenters. The average molecular weight is 413 g/mol. The largest absolute Gasteiger partial charge is 0.452 e. The molecule has 0 aliphatic carbocycles. The van der Waals surface area contributed by atoms with E-state index in [2.05, 4.69) is 5.32 Å². The minimum Gasteiger partial charge on any atom is -0.452 e. The number of rotatable bonds is 9. The minimum atomic E-state index is -3.74. The van der Waals surface area contributed by atoms with Crippen molar-refractivity contribution >= 4 is 27.9 Å². The molecular formula is C18H27N3O6S. The van der Waals surface area contributed by atoms with Gasteiger partial charge in [0.25, 0.3) is 5.91 Å². The van der Waals surface area contributed by atoms with Crippen LogP contribution in [0.2, 0.25) is 0 Å². The molecule has 0 saturated heterocycles. The summed E-state index contributed by atoms with van der Waals surface area (Å²) in [4.78, 5) is 35.4. The zero-order chi connectivity index (χ0) is 21.3. The number of ether oxygens (including phenoxy) is 1. The second-order valence-electron chi connectivity index (χ2n) is 5.95. The van der Waals surface area contributed by atoms with Crippen molar-refractivity contribution in [3.8, 4) is 0 Å². The number of amides is 3. The van der Waals surface area contributed by atoms with Gasteiger partial charge in [-0.1, -0.05) is 26.8 Å². The summed E-state index contributed by atoms with van der Waals surface area (Å²) in [5.74, 6) is -1.63. The molecule has 0 aromatic heterocycles. The van der Waals surface area contributed by atoms with E-state index in [9.17, 15) is 22.8 Å². The number of hydrogen-bond donors (Lipinski definition) is 2. The molecule has 156 valence electrons. The maximum absolute atomic E-state index is 12.6. The second-order valence-corrected chi connectivity index (χ2v) is 7.88. The first-order valence-corrected chi connectivity index (χ1v) is 10.5. The van der Waals surface area contributed by atoms with Gasteiger partial charge < -0.3 is 10.1 Å². The molecule has 0 aliphatic rings. The van der Waals surface area contributed by atoms with Crippen LogP contribution < -0.4 is 10.6 Å². The van der Waals surface area contributed by atoms with Crippen molar-refractivity contribution < 1.29 is 27.5 Å². The molecular weight excluding hydrogens is 386 g/mol. The summed E-state index contributed by atoms with van der Waals surface area (Å²) in [6, 6.07) is 3.49. The zero-order valence-electron chi connectivity index (χ0n) is 16.6. The quantitative estimate of drug-likeness (QED) is 0.591. The number of carbonyl (C=O) groups is 3. The Morgan fingerprint density at radius 1 is 1.11 bits per heavy atom. The molecule has 0 atom stereocenters. The Labute approximate surface area is 165 Å². The SMILES string of the molecule is CCCNC(=O)NC(=O)COC(=O)c1cc(S(=O)(=O)N(CC)CC)ccc1C. The van der Waals surface area contributed by atoms with E-state index < -0.39 is 34.5 Å². The fraction of sp³-hybridized carbons (Fsp3) is 0.500. The average Bonchev–Trinajstić information content (AvgIpc) is 2.65. The van der Waals surface area contributed by atoms with Crippen molar-refractivity contribution in [2.45, 2.75) is 39.0 Å². The van der Waals surface area contributed by atoms with Crippen LogP contribution in [-0.2, 0) is 19.6 Å². The van der Waals surface area contributed by atoms with Crippen molar-refractivity contribution in [1.29, 1.82) is 0 Å². The van der Waals surface area contributed by atoms with Crippen LogP contribution in [0.15, 0.2) is 23.1 Å². The third-order valence-corrected chi connectivity index (χ3v) is 5.94. The van der Waals surface area contributed by atoms with Crippen LogP contribution in [0, 0.1) is 6.92 Å². The molecule has 1 aromatic carbocycles. The lowest BCUT2D eigenvalue weighted by Crippen LogP contribution is -2.41. The summed E-state index contributed by atoms with van der Waals surface area (Å²) < 4.78 is 31.4. The number of esters is 1. The molecule has 1 aromatic rings. The monoisotopic (exact) mass is 413 g/mol. The lowest BCUT2D eigenvalue weighted by atomic mass is 10.1. The number of hydrogen-bond acceptors (Lipinski definition) is 6. The number of imide groups is 1. The van der Waals surface area contributed by atoms with Gasteiger partial charge in [0.15, 0.2) is 6.61 Å². The van der Waals surface area contributed by atoms with Crippen LogP contribution in [0.3, 0.4) is 0 Å². The van der Waals surface area contributed by atoms with Gasteiger partial charge in [-0.05, 0) is 31.0 Å². The van der Waals surface area contributed by atoms with Crippen LogP contribution >= 0.6 is 0 Å². The third-order valence-electron chi connectivity index (χ3n) is 3.90. The number of nitrogens with zero attached hydrogens (tertiary/aromatic N) is 1. The standard InChI is InChI=1S/C18H27N3O6S/c1-5-10-19-18(24)20-16(22)12-27-17(23)15-11-14(9-8-13(15)4)28(25,26)21(6-2)7-3/h8-9,11H,5-7,10,12H2,1-4H3,(H2,19,20,22,24). The predicted octanol–water partition coefficient (Wildman–Crippen LogP) is 1.42. The molecule has 0 spiro atoms. The summed E-state index contributed by atoms with van der Waals surface area (Å²) in [5, 5.41) is 4.49. The normalized spacial score (nSPS) is 11.2. The number of sulfonamides is 1. The molecule has 10 heteroatoms. The van der Waals surface area contributed by atoms with Gasteiger partial charge in [-0.25, -0.2) is 18.0 Å². The van der Waals surface area contributed by atoms with Gasteiger partial charge in [-0.2, -0.15) is 4.31 Å². The Bertz CT molecular complexity index is 819. The highest BCUT2D eigenvalue weighted by molar-refractivity contribution is 7.89. The van der Waals surface area contributed by atoms with Gasteiger partial charge in [0.2, 0.25) is 10.0 Å². The second kappa shape index (κ2) is 10.8. The third kappa shape index (κ3) is 6.31. The molecule has 0 heterocycles. The minimum absolute atomic E-state index is 0.0304. The van der Waals surface area contributed by atoms with Gasteiger partial charge in [0.05, 0.1) is 10.5 Å². The number of urea groups is 1. The Balaban J connectivity index is 2.86. The van der Waals surface area contributed by atoms with Crippen molar-refractivity contribution in [2.75, 3.05) is 26.2 Å². The van der Waals surface area contributed by atoms with E-state index >= 15 is 0 Å². The molecule has 0 fully saturated rings. The van der Waals surface area contributed by atoms with E-state index in [1.165, 1.54) is 22.5 Å². The fourth-order valence-corrected chi connectivity index (χ4v) is 3.83. The molecule has 28 heavy (non-hydrogen) atoms. The Kier molecular flexibility index (Phi) is 9.07. The highest BCUT2D eigenvalue weighted by Gasteiger charge is 2.24. The topological polar surface area (TPSA) is 122 Å². The van der Waals surface area contributed by atoms with Crippen LogP contribution in [0.1, 0.15) is 43.1 Å². The molecule has 0 aliphatic heterocycles. The molecule has 0 saturated carbocycles. The molecule has 0 bridgehead atoms. The summed E-state index contributed by atoms with van der Waals surface area (Å²) in [6.45, 7) is 7.28. The first-order valence-electron chi connectivity index (χ1n) is 9.02. The van der Waals surface area contributed by atoms with E-state index in [1.54, 1.807) is 20.8 Å². The van der Waals surface area contributed by atoms with Crippen molar-refractivity contribution in [2.24, 2.45) is 0 Å². The van der Waals surface area contributed by atoms with Crippen LogP contribution in [0.25, 0.3) is 0 Å². The van der Waals surface area contributed by atoms with Crippen molar-refractivity contribution in [3.05, 3.63) is 29.3 Å². The molecule has 0 radical (unpaired) electrons. The highest BCUT2D eigenvalue weighted by Crippen LogP contribution is 2.20. The highest BCUT2D eigenvalue weighted by atomic mass is 32.2. The summed E-state index contributed by atoms with van der Waals surface area (Å²) in [7, 11) is -3.74. The van der Waals surface area contributed by atoms with Gasteiger partial charge >= 0.3 is 12.0 Å². The Morgan fingerprint density at radius 3 is 2.32 bits per heavy atom. The first kappa shape index (κ1) is 23.6. The Morgan fingerprint density at radius 2 is 1.75 bits per heavy atom. The number of aryl methyl sites for hydroxylation is 1. The number of carbonyl (C=O) groups excluding carboxylic acids is 3. The maximum atomic E-state index is 12.6. The molecule has 2 N–H and O–H groups in total. The smallest absolute Gasteiger partial charge is 0.338 e. The van der Waals surface area contributed by atoms with Gasteiger partial charge in [0, 0.05) is 19.6 Å². The van der Waals surface area contributed by atoms with Gasteiger partial charge in [-0.3, -0.25) is 10.1 Å². The molecule has 3 amide bonds. The summed E-state index contributed by atoms with van der Waals surface area (Å²) in [5.41, 5.74) is 0.543. The Hall–Kier alpha value is -2.46. The van der Waals surface area contributed by atoms with E-state index in [1.807, 2.05) is 12.2 Å². The van der Waals surface area contributed by atoms with Gasteiger partial charge in [-0.15, -0.1) is 0 Å². The van der Waals surface area contributed by atoms with E-state index in [-0.39, 0.29) is 10.5 Å². The van der Waals surface area contributed by atoms with Crippen LogP contribution in [0.5, 0.6) is 0 Å². The van der Waals surface area contributed by atoms with Crippen molar-refractivity contribution in [3.63, 3.8) is 0 Å².